The molecule has 6 heteroatoms. The number of piperidine rings is 2. The second kappa shape index (κ2) is 6.77. The second-order valence-electron chi connectivity index (χ2n) is 6.32. The number of nitrogens with one attached hydrogen (secondary N) is 1. The molecule has 1 atom stereocenters. The number of β-amino-alcohol motifs (C(OH)–C–C–N with tert-alkyl or cyclic N) is 1. The van der Waals surface area contributed by atoms with Crippen molar-refractivity contribution in [2.45, 2.75) is 44.4 Å². The Morgan fingerprint density at radius 3 is 2.67 bits per heavy atom. The van der Waals surface area contributed by atoms with E-state index in [1.807, 2.05) is 6.20 Å². The van der Waals surface area contributed by atoms with Gasteiger partial charge in [-0.15, -0.1) is 0 Å². The minimum absolute atomic E-state index is 0.0211. The third kappa shape index (κ3) is 3.75. The minimum Gasteiger partial charge on any atom is -0.392 e. The van der Waals surface area contributed by atoms with Gasteiger partial charge in [0.15, 0.2) is 0 Å². The average molecular weight is 294 g/mol. The van der Waals surface area contributed by atoms with Crippen LogP contribution in [0.1, 0.15) is 25.7 Å². The molecule has 21 heavy (non-hydrogen) atoms. The van der Waals surface area contributed by atoms with E-state index in [0.717, 1.165) is 52.1 Å². The lowest BCUT2D eigenvalue weighted by Crippen LogP contribution is -2.50. The summed E-state index contributed by atoms with van der Waals surface area (Å²) in [4.78, 5) is 19.0. The lowest BCUT2D eigenvalue weighted by Gasteiger charge is -2.41. The molecule has 2 fully saturated rings. The predicted octanol–water partition coefficient (Wildman–Crippen LogP) is 0.0975. The molecular formula is C15H26N4O2. The molecule has 1 unspecified atom stereocenters. The highest BCUT2D eigenvalue weighted by Crippen LogP contribution is 2.20. The van der Waals surface area contributed by atoms with Gasteiger partial charge in [-0.2, -0.15) is 0 Å². The van der Waals surface area contributed by atoms with Crippen molar-refractivity contribution in [2.75, 3.05) is 32.7 Å². The minimum atomic E-state index is -0.128. The number of imidazole rings is 1. The fraction of sp³-hybridized carbons (Fsp3) is 0.800. The van der Waals surface area contributed by atoms with Crippen molar-refractivity contribution < 1.29 is 5.11 Å². The quantitative estimate of drug-likeness (QED) is 0.826. The van der Waals surface area contributed by atoms with Crippen LogP contribution in [-0.2, 0) is 6.54 Å². The van der Waals surface area contributed by atoms with E-state index in [4.69, 9.17) is 0 Å². The van der Waals surface area contributed by atoms with Crippen LogP contribution in [0.25, 0.3) is 0 Å². The summed E-state index contributed by atoms with van der Waals surface area (Å²) in [6.45, 7) is 5.87. The molecule has 1 aromatic rings. The van der Waals surface area contributed by atoms with Gasteiger partial charge in [-0.25, -0.2) is 4.79 Å². The Morgan fingerprint density at radius 2 is 2.00 bits per heavy atom. The molecule has 0 spiro atoms. The first-order valence-corrected chi connectivity index (χ1v) is 8.10. The summed E-state index contributed by atoms with van der Waals surface area (Å²) in [7, 11) is 0. The molecule has 1 aromatic heterocycles. The van der Waals surface area contributed by atoms with E-state index >= 15 is 0 Å². The molecule has 6 nitrogen and oxygen atoms in total. The molecule has 3 rings (SSSR count). The summed E-state index contributed by atoms with van der Waals surface area (Å²) in [5, 5.41) is 9.79. The van der Waals surface area contributed by atoms with Crippen LogP contribution < -0.4 is 5.69 Å². The van der Waals surface area contributed by atoms with Gasteiger partial charge < -0.3 is 15.0 Å². The van der Waals surface area contributed by atoms with Crippen LogP contribution in [0.15, 0.2) is 17.2 Å². The summed E-state index contributed by atoms with van der Waals surface area (Å²) in [6.07, 6.45) is 7.81. The second-order valence-corrected chi connectivity index (χ2v) is 6.32. The number of hydrogen-bond donors (Lipinski definition) is 2. The van der Waals surface area contributed by atoms with Crippen molar-refractivity contribution >= 4 is 0 Å². The zero-order chi connectivity index (χ0) is 14.7. The highest BCUT2D eigenvalue weighted by Gasteiger charge is 2.27. The molecule has 118 valence electrons. The molecule has 0 bridgehead atoms. The Labute approximate surface area is 125 Å². The van der Waals surface area contributed by atoms with E-state index in [0.29, 0.717) is 6.04 Å². The van der Waals surface area contributed by atoms with Crippen molar-refractivity contribution in [2.24, 2.45) is 0 Å². The molecule has 0 aliphatic carbocycles. The monoisotopic (exact) mass is 294 g/mol. The van der Waals surface area contributed by atoms with Crippen molar-refractivity contribution in [3.05, 3.63) is 22.9 Å². The number of aromatic amines is 1. The Balaban J connectivity index is 1.42. The lowest BCUT2D eigenvalue weighted by atomic mass is 9.99. The number of likely N-dealkylation sites (tertiary alicyclic amines) is 2. The van der Waals surface area contributed by atoms with E-state index in [1.165, 1.54) is 12.8 Å². The van der Waals surface area contributed by atoms with E-state index in [1.54, 1.807) is 10.8 Å². The number of aliphatic hydroxyl groups is 1. The zero-order valence-electron chi connectivity index (χ0n) is 12.6. The fourth-order valence-corrected chi connectivity index (χ4v) is 3.60. The Kier molecular flexibility index (Phi) is 4.77. The van der Waals surface area contributed by atoms with Gasteiger partial charge in [-0.3, -0.25) is 9.47 Å². The Hall–Kier alpha value is -1.11. The van der Waals surface area contributed by atoms with Crippen LogP contribution in [0.5, 0.6) is 0 Å². The molecule has 2 saturated heterocycles. The number of H-pyrrole nitrogens is 1. The summed E-state index contributed by atoms with van der Waals surface area (Å²) in [6, 6.07) is 0.631. The van der Waals surface area contributed by atoms with Gasteiger partial charge in [0, 0.05) is 38.1 Å². The SMILES string of the molecule is O=c1[nH]ccn1CCN1CCC(N2CCCC(O)C2)CC1. The number of aromatic nitrogens is 2. The lowest BCUT2D eigenvalue weighted by molar-refractivity contribution is 0.0249. The van der Waals surface area contributed by atoms with Gasteiger partial charge >= 0.3 is 5.69 Å². The van der Waals surface area contributed by atoms with E-state index in [-0.39, 0.29) is 11.8 Å². The zero-order valence-corrected chi connectivity index (χ0v) is 12.6. The van der Waals surface area contributed by atoms with Gasteiger partial charge in [-0.1, -0.05) is 0 Å². The summed E-state index contributed by atoms with van der Waals surface area (Å²) < 4.78 is 1.73. The van der Waals surface area contributed by atoms with Gasteiger partial charge in [0.2, 0.25) is 0 Å². The maximum absolute atomic E-state index is 11.4. The predicted molar refractivity (Wildman–Crippen MR) is 81.3 cm³/mol. The first kappa shape index (κ1) is 14.8. The average Bonchev–Trinajstić information content (AvgIpc) is 2.91. The first-order valence-electron chi connectivity index (χ1n) is 8.10. The number of nitrogens with zero attached hydrogens (tertiary/aromatic N) is 3. The van der Waals surface area contributed by atoms with Crippen LogP contribution in [0.2, 0.25) is 0 Å². The maximum Gasteiger partial charge on any atom is 0.325 e. The van der Waals surface area contributed by atoms with E-state index in [2.05, 4.69) is 14.8 Å². The van der Waals surface area contributed by atoms with Gasteiger partial charge in [0.05, 0.1) is 6.10 Å². The number of aliphatic hydroxyl groups excluding tert-OH is 1. The van der Waals surface area contributed by atoms with Crippen LogP contribution in [0.3, 0.4) is 0 Å². The van der Waals surface area contributed by atoms with Crippen molar-refractivity contribution in [3.8, 4) is 0 Å². The number of hydrogen-bond acceptors (Lipinski definition) is 4. The van der Waals surface area contributed by atoms with Crippen LogP contribution >= 0.6 is 0 Å². The van der Waals surface area contributed by atoms with Crippen LogP contribution in [0, 0.1) is 0 Å². The third-order valence-corrected chi connectivity index (χ3v) is 4.88. The molecule has 2 N–H and O–H groups in total. The Bertz CT molecular complexity index is 490. The van der Waals surface area contributed by atoms with E-state index in [9.17, 15) is 9.90 Å². The van der Waals surface area contributed by atoms with Crippen molar-refractivity contribution in [1.29, 1.82) is 0 Å². The molecule has 0 radical (unpaired) electrons. The smallest absolute Gasteiger partial charge is 0.325 e. The van der Waals surface area contributed by atoms with Crippen molar-refractivity contribution in [3.63, 3.8) is 0 Å². The van der Waals surface area contributed by atoms with Crippen molar-refractivity contribution in [1.82, 2.24) is 19.4 Å². The molecule has 3 heterocycles. The number of rotatable bonds is 4. The molecule has 2 aliphatic heterocycles. The highest BCUT2D eigenvalue weighted by molar-refractivity contribution is 4.84. The summed E-state index contributed by atoms with van der Waals surface area (Å²) >= 11 is 0. The van der Waals surface area contributed by atoms with E-state index < -0.39 is 0 Å². The summed E-state index contributed by atoms with van der Waals surface area (Å²) in [5.41, 5.74) is -0.0211. The fourth-order valence-electron chi connectivity index (χ4n) is 3.60. The maximum atomic E-state index is 11.4. The molecule has 0 saturated carbocycles. The Morgan fingerprint density at radius 1 is 1.19 bits per heavy atom. The molecule has 0 aromatic carbocycles. The molecular weight excluding hydrogens is 268 g/mol. The molecule has 0 amide bonds. The highest BCUT2D eigenvalue weighted by atomic mass is 16.3. The largest absolute Gasteiger partial charge is 0.392 e. The van der Waals surface area contributed by atoms with Crippen LogP contribution in [0.4, 0.5) is 0 Å². The normalized spacial score (nSPS) is 26.2. The third-order valence-electron chi connectivity index (χ3n) is 4.88. The van der Waals surface area contributed by atoms with Gasteiger partial charge in [0.1, 0.15) is 0 Å². The summed E-state index contributed by atoms with van der Waals surface area (Å²) in [5.74, 6) is 0. The topological polar surface area (TPSA) is 64.5 Å². The van der Waals surface area contributed by atoms with Crippen LogP contribution in [-0.4, -0.2) is 69.3 Å². The molecule has 2 aliphatic rings. The standard InChI is InChI=1S/C15H26N4O2/c20-14-2-1-6-19(12-14)13-3-7-17(8-4-13)10-11-18-9-5-16-15(18)21/h5,9,13-14,20H,1-4,6-8,10-12H2,(H,16,21). The van der Waals surface area contributed by atoms with Gasteiger partial charge in [0.25, 0.3) is 0 Å². The van der Waals surface area contributed by atoms with Gasteiger partial charge in [-0.05, 0) is 45.3 Å². The first-order chi connectivity index (χ1) is 10.2.